The van der Waals surface area contributed by atoms with Gasteiger partial charge in [0.05, 0.1) is 11.9 Å². The Bertz CT molecular complexity index is 655. The molecule has 0 bridgehead atoms. The molecule has 0 aromatic heterocycles. The summed E-state index contributed by atoms with van der Waals surface area (Å²) in [7, 11) is -3.94. The predicted octanol–water partition coefficient (Wildman–Crippen LogP) is 6.76. The maximum atomic E-state index is 10.9. The highest BCUT2D eigenvalue weighted by Gasteiger charge is 2.12. The largest absolute Gasteiger partial charge is 0.491 e. The first-order valence-corrected chi connectivity index (χ1v) is 13.2. The summed E-state index contributed by atoms with van der Waals surface area (Å²) < 4.78 is 36.7. The van der Waals surface area contributed by atoms with Crippen LogP contribution in [-0.2, 0) is 23.0 Å². The van der Waals surface area contributed by atoms with Crippen LogP contribution in [0.1, 0.15) is 103 Å². The van der Waals surface area contributed by atoms with Gasteiger partial charge in [-0.1, -0.05) is 71.3 Å². The van der Waals surface area contributed by atoms with Crippen molar-refractivity contribution in [3.05, 3.63) is 29.3 Å². The lowest BCUT2D eigenvalue weighted by molar-refractivity contribution is 0.217. The van der Waals surface area contributed by atoms with E-state index in [1.807, 2.05) is 13.0 Å². The third kappa shape index (κ3) is 13.0. The Hall–Kier alpha value is -1.07. The second kappa shape index (κ2) is 14.8. The summed E-state index contributed by atoms with van der Waals surface area (Å²) in [5.74, 6) is 0.528. The molecular weight excluding hydrogens is 384 g/mol. The van der Waals surface area contributed by atoms with Crippen molar-refractivity contribution in [1.29, 1.82) is 0 Å². The second-order valence-corrected chi connectivity index (χ2v) is 9.83. The van der Waals surface area contributed by atoms with E-state index in [1.165, 1.54) is 75.3 Å². The van der Waals surface area contributed by atoms with Crippen molar-refractivity contribution in [1.82, 2.24) is 0 Å². The zero-order chi connectivity index (χ0) is 21.5. The fourth-order valence-electron chi connectivity index (χ4n) is 3.60. The molecule has 0 radical (unpaired) electrons. The van der Waals surface area contributed by atoms with E-state index in [1.54, 1.807) is 0 Å². The molecule has 0 saturated carbocycles. The summed E-state index contributed by atoms with van der Waals surface area (Å²) >= 11 is 0. The number of hydrogen-bond acceptors (Lipinski definition) is 3. The van der Waals surface area contributed by atoms with Crippen molar-refractivity contribution in [3.8, 4) is 5.75 Å². The number of rotatable bonds is 17. The number of aryl methyl sites for hydroxylation is 2. The third-order valence-corrected chi connectivity index (χ3v) is 6.15. The fraction of sp³-hybridized carbons (Fsp3) is 0.750. The molecule has 1 unspecified atom stereocenters. The molecule has 0 aliphatic carbocycles. The molecule has 5 heteroatoms. The van der Waals surface area contributed by atoms with E-state index in [4.69, 9.17) is 9.29 Å². The number of ether oxygens (including phenoxy) is 1. The highest BCUT2D eigenvalue weighted by atomic mass is 32.2. The lowest BCUT2D eigenvalue weighted by atomic mass is 9.96. The zero-order valence-corrected chi connectivity index (χ0v) is 19.6. The summed E-state index contributed by atoms with van der Waals surface area (Å²) in [6.07, 6.45) is 15.0. The summed E-state index contributed by atoms with van der Waals surface area (Å²) in [4.78, 5) is 0. The molecule has 1 N–H and O–H groups in total. The Morgan fingerprint density at radius 2 is 1.41 bits per heavy atom. The van der Waals surface area contributed by atoms with Gasteiger partial charge in [0.1, 0.15) is 5.75 Å². The highest BCUT2D eigenvalue weighted by molar-refractivity contribution is 7.85. The average molecular weight is 427 g/mol. The lowest BCUT2D eigenvalue weighted by Crippen LogP contribution is -2.17. The summed E-state index contributed by atoms with van der Waals surface area (Å²) in [6.45, 7) is 6.32. The second-order valence-electron chi connectivity index (χ2n) is 8.26. The Morgan fingerprint density at radius 1 is 0.862 bits per heavy atom. The van der Waals surface area contributed by atoms with Crippen LogP contribution in [0.3, 0.4) is 0 Å². The summed E-state index contributed by atoms with van der Waals surface area (Å²) in [6, 6.07) is 6.34. The Kier molecular flexibility index (Phi) is 13.3. The van der Waals surface area contributed by atoms with E-state index in [2.05, 4.69) is 26.0 Å². The van der Waals surface area contributed by atoms with Crippen LogP contribution in [0, 0.1) is 0 Å². The van der Waals surface area contributed by atoms with Gasteiger partial charge in [0.15, 0.2) is 0 Å². The van der Waals surface area contributed by atoms with E-state index in [0.717, 1.165) is 18.6 Å². The monoisotopic (exact) mass is 426 g/mol. The lowest BCUT2D eigenvalue weighted by Gasteiger charge is -2.17. The first-order chi connectivity index (χ1) is 13.9. The highest BCUT2D eigenvalue weighted by Crippen LogP contribution is 2.24. The first kappa shape index (κ1) is 26.0. The minimum Gasteiger partial charge on any atom is -0.491 e. The minimum atomic E-state index is -3.94. The molecule has 0 amide bonds. The topological polar surface area (TPSA) is 63.6 Å². The molecule has 1 aromatic rings. The van der Waals surface area contributed by atoms with Gasteiger partial charge in [-0.3, -0.25) is 4.55 Å². The van der Waals surface area contributed by atoms with E-state index in [9.17, 15) is 8.42 Å². The molecule has 0 aliphatic rings. The van der Waals surface area contributed by atoms with Gasteiger partial charge in [-0.15, -0.1) is 0 Å². The molecule has 0 saturated heterocycles. The fourth-order valence-corrected chi connectivity index (χ4v) is 4.23. The number of hydrogen-bond donors (Lipinski definition) is 1. The Labute approximate surface area is 179 Å². The van der Waals surface area contributed by atoms with E-state index in [-0.39, 0.29) is 18.3 Å². The van der Waals surface area contributed by atoms with E-state index in [0.29, 0.717) is 0 Å². The molecule has 4 nitrogen and oxygen atoms in total. The quantitative estimate of drug-likeness (QED) is 0.221. The van der Waals surface area contributed by atoms with Crippen molar-refractivity contribution in [2.45, 2.75) is 110 Å². The summed E-state index contributed by atoms with van der Waals surface area (Å²) in [5.41, 5.74) is 2.80. The normalized spacial score (nSPS) is 12.8. The van der Waals surface area contributed by atoms with Crippen LogP contribution in [-0.4, -0.2) is 24.8 Å². The molecule has 1 aromatic carbocycles. The molecule has 0 fully saturated rings. The molecule has 0 heterocycles. The van der Waals surface area contributed by atoms with Gasteiger partial charge in [0, 0.05) is 6.42 Å². The zero-order valence-electron chi connectivity index (χ0n) is 18.8. The predicted molar refractivity (Wildman–Crippen MR) is 122 cm³/mol. The van der Waals surface area contributed by atoms with Crippen LogP contribution in [0.4, 0.5) is 0 Å². The molecule has 29 heavy (non-hydrogen) atoms. The molecule has 1 rings (SSSR count). The standard InChI is InChI=1S/C24H42O4S/c1-4-6-8-10-12-14-22-16-17-24(28-21(3)18-19-29(25,26)27)20-23(22)15-13-11-9-7-5-2/h16-17,20-21H,4-15,18-19H2,1-3H3,(H,25,26,27). The minimum absolute atomic E-state index is 0.255. The van der Waals surface area contributed by atoms with Gasteiger partial charge in [0.25, 0.3) is 10.1 Å². The van der Waals surface area contributed by atoms with Crippen molar-refractivity contribution >= 4 is 10.1 Å². The van der Waals surface area contributed by atoms with E-state index >= 15 is 0 Å². The van der Waals surface area contributed by atoms with Crippen LogP contribution in [0.2, 0.25) is 0 Å². The van der Waals surface area contributed by atoms with Crippen molar-refractivity contribution in [2.24, 2.45) is 0 Å². The van der Waals surface area contributed by atoms with Crippen LogP contribution in [0.25, 0.3) is 0 Å². The van der Waals surface area contributed by atoms with Crippen LogP contribution < -0.4 is 4.74 Å². The van der Waals surface area contributed by atoms with Crippen molar-refractivity contribution in [2.75, 3.05) is 5.75 Å². The number of unbranched alkanes of at least 4 members (excludes halogenated alkanes) is 8. The van der Waals surface area contributed by atoms with E-state index < -0.39 is 10.1 Å². The van der Waals surface area contributed by atoms with Gasteiger partial charge < -0.3 is 4.74 Å². The molecule has 0 spiro atoms. The van der Waals surface area contributed by atoms with Crippen LogP contribution in [0.15, 0.2) is 18.2 Å². The third-order valence-electron chi connectivity index (χ3n) is 5.40. The van der Waals surface area contributed by atoms with Crippen molar-refractivity contribution in [3.63, 3.8) is 0 Å². The molecular formula is C24H42O4S. The average Bonchev–Trinajstić information content (AvgIpc) is 2.67. The van der Waals surface area contributed by atoms with Gasteiger partial charge in [-0.2, -0.15) is 8.42 Å². The molecule has 168 valence electrons. The molecule has 0 aliphatic heterocycles. The maximum absolute atomic E-state index is 10.9. The Balaban J connectivity index is 2.68. The smallest absolute Gasteiger partial charge is 0.264 e. The molecule has 1 atom stereocenters. The van der Waals surface area contributed by atoms with Gasteiger partial charge in [0.2, 0.25) is 0 Å². The first-order valence-electron chi connectivity index (χ1n) is 11.6. The Morgan fingerprint density at radius 3 is 1.97 bits per heavy atom. The van der Waals surface area contributed by atoms with Crippen molar-refractivity contribution < 1.29 is 17.7 Å². The SMILES string of the molecule is CCCCCCCc1ccc(OC(C)CCS(=O)(=O)O)cc1CCCCCCC. The van der Waals surface area contributed by atoms with Crippen LogP contribution >= 0.6 is 0 Å². The maximum Gasteiger partial charge on any atom is 0.264 e. The van der Waals surface area contributed by atoms with Gasteiger partial charge in [-0.25, -0.2) is 0 Å². The van der Waals surface area contributed by atoms with Gasteiger partial charge >= 0.3 is 0 Å². The summed E-state index contributed by atoms with van der Waals surface area (Å²) in [5, 5.41) is 0. The van der Waals surface area contributed by atoms with Crippen LogP contribution in [0.5, 0.6) is 5.75 Å². The number of benzene rings is 1. The van der Waals surface area contributed by atoms with Gasteiger partial charge in [-0.05, 0) is 55.9 Å².